The molecule has 1 saturated heterocycles. The Balaban J connectivity index is 1.83. The molecule has 1 aliphatic heterocycles. The lowest BCUT2D eigenvalue weighted by Gasteiger charge is -2.33. The second-order valence-corrected chi connectivity index (χ2v) is 9.78. The standard InChI is InChI=1S/C23H24Br2N4/c1-14-10-18(24)12-19(25)22(14)29-13-15(2)21-20(11-16(3)27-23(21)29)28-8-5-17(4-7-26)6-9-28/h10-13,17H,4-6,8-9H2,1-3H3. The number of nitriles is 1. The Morgan fingerprint density at radius 1 is 1.10 bits per heavy atom. The van der Waals surface area contributed by atoms with Crippen molar-refractivity contribution in [3.05, 3.63) is 50.2 Å². The van der Waals surface area contributed by atoms with E-state index in [2.05, 4.69) is 92.6 Å². The molecule has 0 N–H and O–H groups in total. The van der Waals surface area contributed by atoms with Gasteiger partial charge in [0.2, 0.25) is 0 Å². The first kappa shape index (κ1) is 20.4. The quantitative estimate of drug-likeness (QED) is 0.394. The van der Waals surface area contributed by atoms with Crippen molar-refractivity contribution in [2.24, 2.45) is 5.92 Å². The fourth-order valence-electron chi connectivity index (χ4n) is 4.44. The molecule has 0 unspecified atom stereocenters. The van der Waals surface area contributed by atoms with Crippen molar-refractivity contribution < 1.29 is 0 Å². The number of aromatic nitrogens is 2. The summed E-state index contributed by atoms with van der Waals surface area (Å²) >= 11 is 7.33. The maximum atomic E-state index is 9.01. The Morgan fingerprint density at radius 3 is 2.48 bits per heavy atom. The minimum absolute atomic E-state index is 0.529. The van der Waals surface area contributed by atoms with Gasteiger partial charge in [0.1, 0.15) is 5.65 Å². The molecule has 0 bridgehead atoms. The minimum Gasteiger partial charge on any atom is -0.371 e. The van der Waals surface area contributed by atoms with Crippen LogP contribution in [0.5, 0.6) is 0 Å². The summed E-state index contributed by atoms with van der Waals surface area (Å²) < 4.78 is 4.32. The summed E-state index contributed by atoms with van der Waals surface area (Å²) in [5.41, 5.74) is 6.84. The zero-order valence-electron chi connectivity index (χ0n) is 17.0. The van der Waals surface area contributed by atoms with E-state index in [1.165, 1.54) is 22.2 Å². The normalized spacial score (nSPS) is 15.1. The largest absolute Gasteiger partial charge is 0.371 e. The van der Waals surface area contributed by atoms with Crippen LogP contribution in [0.3, 0.4) is 0 Å². The topological polar surface area (TPSA) is 44.9 Å². The molecule has 4 rings (SSSR count). The van der Waals surface area contributed by atoms with Crippen molar-refractivity contribution in [3.63, 3.8) is 0 Å². The maximum Gasteiger partial charge on any atom is 0.147 e. The molecule has 1 aliphatic rings. The second kappa shape index (κ2) is 8.12. The average molecular weight is 516 g/mol. The van der Waals surface area contributed by atoms with Gasteiger partial charge >= 0.3 is 0 Å². The van der Waals surface area contributed by atoms with Crippen LogP contribution in [-0.4, -0.2) is 22.6 Å². The van der Waals surface area contributed by atoms with Crippen molar-refractivity contribution in [2.45, 2.75) is 40.0 Å². The van der Waals surface area contributed by atoms with E-state index in [9.17, 15) is 0 Å². The van der Waals surface area contributed by atoms with E-state index < -0.39 is 0 Å². The molecule has 4 nitrogen and oxygen atoms in total. The van der Waals surface area contributed by atoms with Gasteiger partial charge < -0.3 is 4.90 Å². The summed E-state index contributed by atoms with van der Waals surface area (Å²) in [6.45, 7) is 8.36. The van der Waals surface area contributed by atoms with E-state index in [4.69, 9.17) is 10.2 Å². The monoisotopic (exact) mass is 514 g/mol. The number of hydrogen-bond donors (Lipinski definition) is 0. The van der Waals surface area contributed by atoms with Crippen molar-refractivity contribution in [1.82, 2.24) is 9.55 Å². The molecule has 0 radical (unpaired) electrons. The lowest BCUT2D eigenvalue weighted by Crippen LogP contribution is -2.33. The molecule has 2 aromatic heterocycles. The summed E-state index contributed by atoms with van der Waals surface area (Å²) in [7, 11) is 0. The highest BCUT2D eigenvalue weighted by atomic mass is 79.9. The van der Waals surface area contributed by atoms with Gasteiger partial charge in [-0.2, -0.15) is 5.26 Å². The van der Waals surface area contributed by atoms with E-state index in [0.29, 0.717) is 12.3 Å². The highest BCUT2D eigenvalue weighted by Crippen LogP contribution is 2.37. The Labute approximate surface area is 188 Å². The third-order valence-electron chi connectivity index (χ3n) is 5.85. The summed E-state index contributed by atoms with van der Waals surface area (Å²) in [5.74, 6) is 0.529. The Hall–Kier alpha value is -1.84. The zero-order chi connectivity index (χ0) is 20.7. The smallest absolute Gasteiger partial charge is 0.147 e. The average Bonchev–Trinajstić information content (AvgIpc) is 2.97. The zero-order valence-corrected chi connectivity index (χ0v) is 20.1. The van der Waals surface area contributed by atoms with E-state index in [1.807, 2.05) is 0 Å². The second-order valence-electron chi connectivity index (χ2n) is 8.01. The van der Waals surface area contributed by atoms with Crippen LogP contribution in [-0.2, 0) is 0 Å². The van der Waals surface area contributed by atoms with E-state index in [0.717, 1.165) is 51.9 Å². The number of nitrogens with zero attached hydrogens (tertiary/aromatic N) is 4. The number of halogens is 2. The fourth-order valence-corrected chi connectivity index (χ4v) is 6.07. The molecule has 3 aromatic rings. The van der Waals surface area contributed by atoms with Gasteiger partial charge in [0.25, 0.3) is 0 Å². The number of pyridine rings is 1. The number of fused-ring (bicyclic) bond motifs is 1. The van der Waals surface area contributed by atoms with Crippen LogP contribution in [0.2, 0.25) is 0 Å². The lowest BCUT2D eigenvalue weighted by atomic mass is 9.93. The van der Waals surface area contributed by atoms with Gasteiger partial charge in [-0.15, -0.1) is 0 Å². The van der Waals surface area contributed by atoms with Gasteiger partial charge in [-0.1, -0.05) is 15.9 Å². The number of anilines is 1. The number of hydrogen-bond acceptors (Lipinski definition) is 3. The van der Waals surface area contributed by atoms with Crippen LogP contribution in [0.1, 0.15) is 36.1 Å². The van der Waals surface area contributed by atoms with Crippen LogP contribution in [0.15, 0.2) is 33.3 Å². The highest BCUT2D eigenvalue weighted by Gasteiger charge is 2.24. The molecule has 6 heteroatoms. The van der Waals surface area contributed by atoms with Crippen molar-refractivity contribution in [3.8, 4) is 11.8 Å². The van der Waals surface area contributed by atoms with Gasteiger partial charge in [-0.25, -0.2) is 4.98 Å². The Morgan fingerprint density at radius 2 is 1.83 bits per heavy atom. The number of aryl methyl sites for hydroxylation is 3. The van der Waals surface area contributed by atoms with Crippen LogP contribution >= 0.6 is 31.9 Å². The molecule has 0 aliphatic carbocycles. The number of rotatable bonds is 3. The van der Waals surface area contributed by atoms with Gasteiger partial charge in [0.05, 0.1) is 11.8 Å². The molecule has 0 spiro atoms. The molecule has 3 heterocycles. The molecule has 150 valence electrons. The predicted molar refractivity (Wildman–Crippen MR) is 126 cm³/mol. The van der Waals surface area contributed by atoms with E-state index in [1.54, 1.807) is 0 Å². The summed E-state index contributed by atoms with van der Waals surface area (Å²) in [6.07, 6.45) is 5.02. The SMILES string of the molecule is Cc1cc(N2CCC(CC#N)CC2)c2c(C)cn(-c3c(C)cc(Br)cc3Br)c2n1. The third kappa shape index (κ3) is 3.83. The first-order chi connectivity index (χ1) is 13.9. The van der Waals surface area contributed by atoms with Gasteiger partial charge in [0, 0.05) is 51.4 Å². The van der Waals surface area contributed by atoms with E-state index >= 15 is 0 Å². The Kier molecular flexibility index (Phi) is 5.72. The van der Waals surface area contributed by atoms with Crippen molar-refractivity contribution in [2.75, 3.05) is 18.0 Å². The molecule has 0 saturated carbocycles. The third-order valence-corrected chi connectivity index (χ3v) is 6.91. The summed E-state index contributed by atoms with van der Waals surface area (Å²) in [6, 6.07) is 8.77. The Bertz CT molecular complexity index is 1100. The molecular weight excluding hydrogens is 492 g/mol. The van der Waals surface area contributed by atoms with Crippen molar-refractivity contribution >= 4 is 48.6 Å². The van der Waals surface area contributed by atoms with Gasteiger partial charge in [-0.3, -0.25) is 4.57 Å². The summed E-state index contributed by atoms with van der Waals surface area (Å²) in [4.78, 5) is 7.42. The molecule has 1 aromatic carbocycles. The first-order valence-corrected chi connectivity index (χ1v) is 11.5. The van der Waals surface area contributed by atoms with E-state index in [-0.39, 0.29) is 0 Å². The molecule has 1 fully saturated rings. The number of piperidine rings is 1. The van der Waals surface area contributed by atoms with Gasteiger partial charge in [0.15, 0.2) is 0 Å². The number of benzene rings is 1. The lowest BCUT2D eigenvalue weighted by molar-refractivity contribution is 0.413. The minimum atomic E-state index is 0.529. The summed E-state index contributed by atoms with van der Waals surface area (Å²) in [5, 5.41) is 10.2. The molecule has 0 amide bonds. The first-order valence-electron chi connectivity index (χ1n) is 9.96. The molecule has 0 atom stereocenters. The fraction of sp³-hybridized carbons (Fsp3) is 0.391. The van der Waals surface area contributed by atoms with Crippen LogP contribution < -0.4 is 4.90 Å². The van der Waals surface area contributed by atoms with Gasteiger partial charge in [-0.05, 0) is 84.8 Å². The van der Waals surface area contributed by atoms with Crippen LogP contribution in [0, 0.1) is 38.0 Å². The highest BCUT2D eigenvalue weighted by molar-refractivity contribution is 9.11. The predicted octanol–water partition coefficient (Wildman–Crippen LogP) is 6.61. The van der Waals surface area contributed by atoms with Crippen LogP contribution in [0.25, 0.3) is 16.7 Å². The van der Waals surface area contributed by atoms with Crippen molar-refractivity contribution in [1.29, 1.82) is 5.26 Å². The van der Waals surface area contributed by atoms with Crippen LogP contribution in [0.4, 0.5) is 5.69 Å². The molecular formula is C23H24Br2N4. The maximum absolute atomic E-state index is 9.01. The molecule has 29 heavy (non-hydrogen) atoms.